The summed E-state index contributed by atoms with van der Waals surface area (Å²) in [5.74, 6) is 0.219. The van der Waals surface area contributed by atoms with Crippen LogP contribution in [0, 0.1) is 0 Å². The molecule has 88 valence electrons. The number of amides is 1. The zero-order chi connectivity index (χ0) is 11.3. The lowest BCUT2D eigenvalue weighted by molar-refractivity contribution is -0.120. The van der Waals surface area contributed by atoms with Gasteiger partial charge in [0.25, 0.3) is 0 Å². The van der Waals surface area contributed by atoms with Crippen molar-refractivity contribution in [3.63, 3.8) is 0 Å². The third-order valence-electron chi connectivity index (χ3n) is 2.36. The van der Waals surface area contributed by atoms with Crippen molar-refractivity contribution >= 4 is 15.7 Å². The van der Waals surface area contributed by atoms with E-state index < -0.39 is 9.84 Å². The van der Waals surface area contributed by atoms with Gasteiger partial charge in [-0.2, -0.15) is 0 Å². The van der Waals surface area contributed by atoms with Crippen molar-refractivity contribution in [3.05, 3.63) is 0 Å². The van der Waals surface area contributed by atoms with Crippen LogP contribution in [0.1, 0.15) is 19.8 Å². The smallest absolute Gasteiger partial charge is 0.234 e. The van der Waals surface area contributed by atoms with E-state index in [-0.39, 0.29) is 30.0 Å². The van der Waals surface area contributed by atoms with E-state index in [9.17, 15) is 13.2 Å². The number of nitrogens with one attached hydrogen (secondary N) is 2. The molecule has 1 fully saturated rings. The van der Waals surface area contributed by atoms with Crippen LogP contribution < -0.4 is 10.6 Å². The SMILES string of the molecule is CCNCC(=O)NC1CCCS(=O)(=O)C1. The third kappa shape index (κ3) is 4.61. The first-order valence-corrected chi connectivity index (χ1v) is 7.06. The van der Waals surface area contributed by atoms with Crippen molar-refractivity contribution in [2.24, 2.45) is 0 Å². The minimum absolute atomic E-state index is 0.0882. The van der Waals surface area contributed by atoms with Crippen molar-refractivity contribution in [2.75, 3.05) is 24.6 Å². The van der Waals surface area contributed by atoms with Gasteiger partial charge in [0, 0.05) is 6.04 Å². The Labute approximate surface area is 90.5 Å². The van der Waals surface area contributed by atoms with Gasteiger partial charge in [-0.1, -0.05) is 6.92 Å². The van der Waals surface area contributed by atoms with Gasteiger partial charge < -0.3 is 10.6 Å². The van der Waals surface area contributed by atoms with Gasteiger partial charge >= 0.3 is 0 Å². The molecule has 0 saturated carbocycles. The van der Waals surface area contributed by atoms with Crippen LogP contribution in [0.3, 0.4) is 0 Å². The third-order valence-corrected chi connectivity index (χ3v) is 4.18. The fourth-order valence-corrected chi connectivity index (χ4v) is 3.29. The molecule has 1 atom stereocenters. The highest BCUT2D eigenvalue weighted by atomic mass is 32.2. The normalized spacial score (nSPS) is 24.7. The highest BCUT2D eigenvalue weighted by Gasteiger charge is 2.25. The Morgan fingerprint density at radius 2 is 2.20 bits per heavy atom. The average Bonchev–Trinajstić information content (AvgIpc) is 2.13. The second-order valence-corrected chi connectivity index (χ2v) is 6.03. The number of likely N-dealkylation sites (N-methyl/N-ethyl adjacent to an activating group) is 1. The molecule has 0 spiro atoms. The Balaban J connectivity index is 2.35. The molecule has 1 unspecified atom stereocenters. The maximum atomic E-state index is 11.3. The van der Waals surface area contributed by atoms with E-state index in [2.05, 4.69) is 10.6 Å². The predicted octanol–water partition coefficient (Wildman–Crippen LogP) is -0.711. The molecule has 0 aromatic carbocycles. The quantitative estimate of drug-likeness (QED) is 0.674. The number of hydrogen-bond acceptors (Lipinski definition) is 4. The summed E-state index contributed by atoms with van der Waals surface area (Å²) in [6.07, 6.45) is 1.41. The Morgan fingerprint density at radius 1 is 1.47 bits per heavy atom. The van der Waals surface area contributed by atoms with Gasteiger partial charge in [-0.15, -0.1) is 0 Å². The maximum Gasteiger partial charge on any atom is 0.234 e. The highest BCUT2D eigenvalue weighted by Crippen LogP contribution is 2.11. The molecular formula is C9H18N2O3S. The Bertz CT molecular complexity index is 313. The van der Waals surface area contributed by atoms with E-state index in [4.69, 9.17) is 0 Å². The van der Waals surface area contributed by atoms with Crippen LogP contribution in [0.25, 0.3) is 0 Å². The lowest BCUT2D eigenvalue weighted by Crippen LogP contribution is -2.46. The first kappa shape index (κ1) is 12.4. The topological polar surface area (TPSA) is 75.3 Å². The van der Waals surface area contributed by atoms with Gasteiger partial charge in [0.05, 0.1) is 18.1 Å². The number of carbonyl (C=O) groups excluding carboxylic acids is 1. The van der Waals surface area contributed by atoms with Crippen LogP contribution >= 0.6 is 0 Å². The van der Waals surface area contributed by atoms with Crippen molar-refractivity contribution < 1.29 is 13.2 Å². The first-order valence-electron chi connectivity index (χ1n) is 5.24. The molecule has 1 heterocycles. The summed E-state index contributed by atoms with van der Waals surface area (Å²) >= 11 is 0. The molecule has 0 aliphatic carbocycles. The Morgan fingerprint density at radius 3 is 2.80 bits per heavy atom. The van der Waals surface area contributed by atoms with Crippen LogP contribution in [0.4, 0.5) is 0 Å². The van der Waals surface area contributed by atoms with Gasteiger partial charge in [-0.05, 0) is 19.4 Å². The van der Waals surface area contributed by atoms with Gasteiger partial charge in [0.1, 0.15) is 0 Å². The predicted molar refractivity (Wildman–Crippen MR) is 58.4 cm³/mol. The van der Waals surface area contributed by atoms with Gasteiger partial charge in [0.2, 0.25) is 5.91 Å². The molecule has 1 aliphatic heterocycles. The Hall–Kier alpha value is -0.620. The summed E-state index contributed by atoms with van der Waals surface area (Å²) in [5, 5.41) is 5.63. The zero-order valence-electron chi connectivity index (χ0n) is 8.95. The van der Waals surface area contributed by atoms with Crippen molar-refractivity contribution in [3.8, 4) is 0 Å². The lowest BCUT2D eigenvalue weighted by Gasteiger charge is -2.22. The van der Waals surface area contributed by atoms with Gasteiger partial charge in [-0.25, -0.2) is 8.42 Å². The minimum atomic E-state index is -2.93. The second kappa shape index (κ2) is 5.46. The summed E-state index contributed by atoms with van der Waals surface area (Å²) < 4.78 is 22.6. The van der Waals surface area contributed by atoms with Gasteiger partial charge in [0.15, 0.2) is 9.84 Å². The molecule has 0 aromatic heterocycles. The fraction of sp³-hybridized carbons (Fsp3) is 0.889. The molecule has 1 amide bonds. The fourth-order valence-electron chi connectivity index (χ4n) is 1.65. The summed E-state index contributed by atoms with van der Waals surface area (Å²) in [5.41, 5.74) is 0. The molecule has 0 radical (unpaired) electrons. The van der Waals surface area contributed by atoms with Crippen LogP contribution in [0.2, 0.25) is 0 Å². The standard InChI is InChI=1S/C9H18N2O3S/c1-2-10-6-9(12)11-8-4-3-5-15(13,14)7-8/h8,10H,2-7H2,1H3,(H,11,12). The van der Waals surface area contributed by atoms with Crippen molar-refractivity contribution in [1.82, 2.24) is 10.6 Å². The molecule has 0 bridgehead atoms. The zero-order valence-corrected chi connectivity index (χ0v) is 9.77. The van der Waals surface area contributed by atoms with Crippen molar-refractivity contribution in [2.45, 2.75) is 25.8 Å². The van der Waals surface area contributed by atoms with E-state index in [0.717, 1.165) is 13.0 Å². The van der Waals surface area contributed by atoms with Crippen LogP contribution in [0.15, 0.2) is 0 Å². The van der Waals surface area contributed by atoms with E-state index in [0.29, 0.717) is 6.42 Å². The van der Waals surface area contributed by atoms with Crippen LogP contribution in [-0.4, -0.2) is 45.0 Å². The highest BCUT2D eigenvalue weighted by molar-refractivity contribution is 7.91. The van der Waals surface area contributed by atoms with E-state index in [1.807, 2.05) is 6.92 Å². The number of rotatable bonds is 4. The number of hydrogen-bond donors (Lipinski definition) is 2. The van der Waals surface area contributed by atoms with Crippen LogP contribution in [0.5, 0.6) is 0 Å². The lowest BCUT2D eigenvalue weighted by atomic mass is 10.2. The average molecular weight is 234 g/mol. The largest absolute Gasteiger partial charge is 0.351 e. The second-order valence-electron chi connectivity index (χ2n) is 3.80. The number of sulfone groups is 1. The summed E-state index contributed by atoms with van der Waals surface area (Å²) in [6, 6.07) is -0.199. The molecule has 2 N–H and O–H groups in total. The molecule has 5 nitrogen and oxygen atoms in total. The molecule has 1 aliphatic rings. The molecular weight excluding hydrogens is 216 g/mol. The summed E-state index contributed by atoms with van der Waals surface area (Å²) in [6.45, 7) is 2.90. The number of carbonyl (C=O) groups is 1. The Kier molecular flexibility index (Phi) is 4.53. The monoisotopic (exact) mass is 234 g/mol. The van der Waals surface area contributed by atoms with Crippen molar-refractivity contribution in [1.29, 1.82) is 0 Å². The minimum Gasteiger partial charge on any atom is -0.351 e. The first-order chi connectivity index (χ1) is 7.03. The van der Waals surface area contributed by atoms with E-state index in [1.54, 1.807) is 0 Å². The molecule has 15 heavy (non-hydrogen) atoms. The molecule has 1 saturated heterocycles. The molecule has 6 heteroatoms. The molecule has 1 rings (SSSR count). The van der Waals surface area contributed by atoms with E-state index >= 15 is 0 Å². The van der Waals surface area contributed by atoms with E-state index in [1.165, 1.54) is 0 Å². The summed E-state index contributed by atoms with van der Waals surface area (Å²) in [7, 11) is -2.93. The maximum absolute atomic E-state index is 11.3. The molecule has 0 aromatic rings. The van der Waals surface area contributed by atoms with Crippen LogP contribution in [-0.2, 0) is 14.6 Å². The van der Waals surface area contributed by atoms with Gasteiger partial charge in [-0.3, -0.25) is 4.79 Å². The summed E-state index contributed by atoms with van der Waals surface area (Å²) in [4.78, 5) is 11.3.